The highest BCUT2D eigenvalue weighted by molar-refractivity contribution is 5.84. The van der Waals surface area contributed by atoms with Crippen LogP contribution in [0.1, 0.15) is 22.6 Å². The molecule has 6 nitrogen and oxygen atoms in total. The van der Waals surface area contributed by atoms with E-state index < -0.39 is 17.9 Å². The van der Waals surface area contributed by atoms with E-state index >= 15 is 0 Å². The summed E-state index contributed by atoms with van der Waals surface area (Å²) in [6, 6.07) is 7.71. The molecule has 0 saturated carbocycles. The standard InChI is InChI=1S/C14H16N4O2/c15-14(20)13-10-5-8(1-2-9(10)6-11(13)19)7-16-12-3-4-17-18-12/h1-5,11,13,19H,6-7H2,(H2,15,20)(H2,16,17,18)/t11-,13-/m1/s1. The van der Waals surface area contributed by atoms with Gasteiger partial charge in [-0.05, 0) is 29.2 Å². The smallest absolute Gasteiger partial charge is 0.227 e. The second-order valence-corrected chi connectivity index (χ2v) is 5.01. The minimum absolute atomic E-state index is 0.477. The molecule has 2 aromatic rings. The summed E-state index contributed by atoms with van der Waals surface area (Å²) in [7, 11) is 0. The van der Waals surface area contributed by atoms with Gasteiger partial charge in [-0.25, -0.2) is 0 Å². The van der Waals surface area contributed by atoms with Gasteiger partial charge in [-0.3, -0.25) is 9.89 Å². The summed E-state index contributed by atoms with van der Waals surface area (Å²) in [5.41, 5.74) is 8.24. The molecule has 1 aromatic carbocycles. The Hall–Kier alpha value is -2.34. The summed E-state index contributed by atoms with van der Waals surface area (Å²) >= 11 is 0. The maximum absolute atomic E-state index is 11.5. The molecule has 6 heteroatoms. The zero-order valence-electron chi connectivity index (χ0n) is 10.8. The molecule has 1 heterocycles. The SMILES string of the molecule is NC(=O)[C@@H]1c2cc(CNc3ccn[nH]3)ccc2C[C@H]1O. The lowest BCUT2D eigenvalue weighted by molar-refractivity contribution is -0.121. The average molecular weight is 272 g/mol. The Kier molecular flexibility index (Phi) is 3.15. The molecule has 0 aliphatic heterocycles. The summed E-state index contributed by atoms with van der Waals surface area (Å²) < 4.78 is 0. The summed E-state index contributed by atoms with van der Waals surface area (Å²) in [6.45, 7) is 0.608. The molecule has 1 amide bonds. The van der Waals surface area contributed by atoms with Gasteiger partial charge in [-0.15, -0.1) is 0 Å². The van der Waals surface area contributed by atoms with E-state index in [1.165, 1.54) is 0 Å². The van der Waals surface area contributed by atoms with Gasteiger partial charge in [0.05, 0.1) is 18.2 Å². The van der Waals surface area contributed by atoms with Crippen molar-refractivity contribution in [3.8, 4) is 0 Å². The van der Waals surface area contributed by atoms with E-state index in [0.717, 1.165) is 22.5 Å². The quantitative estimate of drug-likeness (QED) is 0.651. The third-order valence-electron chi connectivity index (χ3n) is 3.65. The number of hydrogen-bond donors (Lipinski definition) is 4. The second-order valence-electron chi connectivity index (χ2n) is 5.01. The zero-order valence-corrected chi connectivity index (χ0v) is 10.8. The molecule has 1 aliphatic carbocycles. The monoisotopic (exact) mass is 272 g/mol. The van der Waals surface area contributed by atoms with Crippen molar-refractivity contribution in [1.82, 2.24) is 10.2 Å². The predicted molar refractivity (Wildman–Crippen MR) is 74.0 cm³/mol. The van der Waals surface area contributed by atoms with Gasteiger partial charge in [-0.2, -0.15) is 5.10 Å². The first kappa shape index (κ1) is 12.7. The van der Waals surface area contributed by atoms with Crippen molar-refractivity contribution < 1.29 is 9.90 Å². The van der Waals surface area contributed by atoms with Crippen LogP contribution in [0.25, 0.3) is 0 Å². The lowest BCUT2D eigenvalue weighted by Gasteiger charge is -2.12. The highest BCUT2D eigenvalue weighted by Crippen LogP contribution is 2.34. The third-order valence-corrected chi connectivity index (χ3v) is 3.65. The number of rotatable bonds is 4. The molecule has 0 spiro atoms. The molecular formula is C14H16N4O2. The number of aromatic nitrogens is 2. The number of aliphatic hydroxyl groups excluding tert-OH is 1. The van der Waals surface area contributed by atoms with Crippen LogP contribution in [0.15, 0.2) is 30.5 Å². The van der Waals surface area contributed by atoms with Gasteiger partial charge in [0.2, 0.25) is 5.91 Å². The number of H-pyrrole nitrogens is 1. The molecule has 0 radical (unpaired) electrons. The molecule has 5 N–H and O–H groups in total. The molecule has 1 aromatic heterocycles. The zero-order chi connectivity index (χ0) is 14.1. The van der Waals surface area contributed by atoms with Crippen molar-refractivity contribution >= 4 is 11.7 Å². The summed E-state index contributed by atoms with van der Waals surface area (Å²) in [5, 5.41) is 19.8. The van der Waals surface area contributed by atoms with Crippen molar-refractivity contribution in [2.24, 2.45) is 5.73 Å². The Bertz CT molecular complexity index is 624. The fourth-order valence-electron chi connectivity index (χ4n) is 2.67. The van der Waals surface area contributed by atoms with Gasteiger partial charge in [-0.1, -0.05) is 18.2 Å². The summed E-state index contributed by atoms with van der Waals surface area (Å²) in [5.74, 6) is -0.246. The molecule has 0 unspecified atom stereocenters. The number of aromatic amines is 1. The summed E-state index contributed by atoms with van der Waals surface area (Å²) in [6.07, 6.45) is 1.44. The van der Waals surface area contributed by atoms with Gasteiger partial charge in [0.15, 0.2) is 0 Å². The number of nitrogens with zero attached hydrogens (tertiary/aromatic N) is 1. The van der Waals surface area contributed by atoms with Crippen LogP contribution >= 0.6 is 0 Å². The van der Waals surface area contributed by atoms with Gasteiger partial charge >= 0.3 is 0 Å². The van der Waals surface area contributed by atoms with E-state index in [2.05, 4.69) is 15.5 Å². The highest BCUT2D eigenvalue weighted by atomic mass is 16.3. The fourth-order valence-corrected chi connectivity index (χ4v) is 2.67. The largest absolute Gasteiger partial charge is 0.392 e. The number of carbonyl (C=O) groups is 1. The Morgan fingerprint density at radius 3 is 3.05 bits per heavy atom. The minimum atomic E-state index is -0.710. The van der Waals surface area contributed by atoms with Gasteiger partial charge in [0.1, 0.15) is 5.82 Å². The number of nitrogens with one attached hydrogen (secondary N) is 2. The van der Waals surface area contributed by atoms with Crippen LogP contribution in [0.2, 0.25) is 0 Å². The number of fused-ring (bicyclic) bond motifs is 1. The molecule has 0 fully saturated rings. The van der Waals surface area contributed by atoms with E-state index in [-0.39, 0.29) is 0 Å². The topological polar surface area (TPSA) is 104 Å². The lowest BCUT2D eigenvalue weighted by atomic mass is 9.97. The van der Waals surface area contributed by atoms with Gasteiger partial charge in [0, 0.05) is 6.54 Å². The predicted octanol–water partition coefficient (Wildman–Crippen LogP) is 0.508. The maximum atomic E-state index is 11.5. The van der Waals surface area contributed by atoms with E-state index in [4.69, 9.17) is 5.73 Å². The van der Waals surface area contributed by atoms with E-state index in [9.17, 15) is 9.90 Å². The van der Waals surface area contributed by atoms with Crippen LogP contribution in [0.3, 0.4) is 0 Å². The van der Waals surface area contributed by atoms with Crippen LogP contribution in [-0.4, -0.2) is 27.3 Å². The van der Waals surface area contributed by atoms with E-state index in [1.54, 1.807) is 6.20 Å². The number of carbonyl (C=O) groups excluding carboxylic acids is 1. The van der Waals surface area contributed by atoms with Gasteiger partial charge in [0.25, 0.3) is 0 Å². The lowest BCUT2D eigenvalue weighted by Crippen LogP contribution is -2.28. The molecule has 0 saturated heterocycles. The maximum Gasteiger partial charge on any atom is 0.227 e. The third kappa shape index (κ3) is 2.25. The number of anilines is 1. The van der Waals surface area contributed by atoms with E-state index in [1.807, 2.05) is 24.3 Å². The van der Waals surface area contributed by atoms with Crippen molar-refractivity contribution in [1.29, 1.82) is 0 Å². The Balaban J connectivity index is 1.80. The fraction of sp³-hybridized carbons (Fsp3) is 0.286. The first-order valence-electron chi connectivity index (χ1n) is 6.47. The first-order valence-corrected chi connectivity index (χ1v) is 6.47. The van der Waals surface area contributed by atoms with Crippen LogP contribution in [0.5, 0.6) is 0 Å². The van der Waals surface area contributed by atoms with Crippen LogP contribution in [0, 0.1) is 0 Å². The molecule has 104 valence electrons. The number of nitrogens with two attached hydrogens (primary N) is 1. The van der Waals surface area contributed by atoms with Crippen molar-refractivity contribution in [3.05, 3.63) is 47.2 Å². The number of primary amides is 1. The van der Waals surface area contributed by atoms with Crippen molar-refractivity contribution in [2.45, 2.75) is 25.0 Å². The minimum Gasteiger partial charge on any atom is -0.392 e. The van der Waals surface area contributed by atoms with Gasteiger partial charge < -0.3 is 16.2 Å². The normalized spacial score (nSPS) is 20.6. The van der Waals surface area contributed by atoms with E-state index in [0.29, 0.717) is 13.0 Å². The van der Waals surface area contributed by atoms with Crippen LogP contribution in [-0.2, 0) is 17.8 Å². The van der Waals surface area contributed by atoms with Crippen molar-refractivity contribution in [2.75, 3.05) is 5.32 Å². The molecule has 3 rings (SSSR count). The number of amides is 1. The number of benzene rings is 1. The molecule has 2 atom stereocenters. The Labute approximate surface area is 116 Å². The number of hydrogen-bond acceptors (Lipinski definition) is 4. The molecule has 0 bridgehead atoms. The average Bonchev–Trinajstić information content (AvgIpc) is 3.01. The summed E-state index contributed by atoms with van der Waals surface area (Å²) in [4.78, 5) is 11.5. The molecular weight excluding hydrogens is 256 g/mol. The van der Waals surface area contributed by atoms with Crippen LogP contribution < -0.4 is 11.1 Å². The molecule has 20 heavy (non-hydrogen) atoms. The second kappa shape index (κ2) is 4.97. The Morgan fingerprint density at radius 1 is 1.50 bits per heavy atom. The van der Waals surface area contributed by atoms with Crippen LogP contribution in [0.4, 0.5) is 5.82 Å². The Morgan fingerprint density at radius 2 is 2.35 bits per heavy atom. The first-order chi connectivity index (χ1) is 9.65. The highest BCUT2D eigenvalue weighted by Gasteiger charge is 2.35. The van der Waals surface area contributed by atoms with Crippen molar-refractivity contribution in [3.63, 3.8) is 0 Å². The number of aliphatic hydroxyl groups is 1. The molecule has 1 aliphatic rings.